The van der Waals surface area contributed by atoms with Gasteiger partial charge in [0.05, 0.1) is 16.7 Å². The Morgan fingerprint density at radius 3 is 1.75 bits per heavy atom. The summed E-state index contributed by atoms with van der Waals surface area (Å²) < 4.78 is 18.7. The molecule has 0 aliphatic carbocycles. The SMILES string of the molecule is O=P1(c2ccccc2)c2cc(-c3c4ccccc4c(-c4ccc5ccccc5c4)c4ccc(-c5ccccc5)cc34)ccc2-n2c(-c3ccccc3)nc3cccc1c32. The van der Waals surface area contributed by atoms with Gasteiger partial charge in [0.25, 0.3) is 0 Å². The Bertz CT molecular complexity index is 3520. The molecule has 2 heterocycles. The van der Waals surface area contributed by atoms with E-state index in [-0.39, 0.29) is 0 Å². The minimum Gasteiger partial charge on any atom is -0.308 e. The molecule has 1 unspecified atom stereocenters. The Balaban J connectivity index is 1.20. The Kier molecular flexibility index (Phi) is 7.51. The van der Waals surface area contributed by atoms with Crippen molar-refractivity contribution in [1.82, 2.24) is 9.55 Å². The van der Waals surface area contributed by atoms with E-state index in [1.165, 1.54) is 32.7 Å². The van der Waals surface area contributed by atoms with E-state index in [2.05, 4.69) is 150 Å². The van der Waals surface area contributed by atoms with Crippen LogP contribution >= 0.6 is 7.14 Å². The smallest absolute Gasteiger partial charge is 0.175 e. The minimum atomic E-state index is -3.41. The van der Waals surface area contributed by atoms with Crippen LogP contribution in [-0.4, -0.2) is 9.55 Å². The third-order valence-corrected chi connectivity index (χ3v) is 15.3. The molecule has 59 heavy (non-hydrogen) atoms. The maximum atomic E-state index is 16.5. The highest BCUT2D eigenvalue weighted by Crippen LogP contribution is 2.52. The maximum absolute atomic E-state index is 16.5. The molecule has 4 heteroatoms. The highest BCUT2D eigenvalue weighted by molar-refractivity contribution is 7.86. The van der Waals surface area contributed by atoms with Crippen LogP contribution in [0.25, 0.3) is 93.8 Å². The van der Waals surface area contributed by atoms with Gasteiger partial charge in [0.1, 0.15) is 5.82 Å². The van der Waals surface area contributed by atoms with Crippen molar-refractivity contribution >= 4 is 66.4 Å². The lowest BCUT2D eigenvalue weighted by molar-refractivity contribution is 0.592. The topological polar surface area (TPSA) is 34.9 Å². The molecule has 0 amide bonds. The number of hydrogen-bond acceptors (Lipinski definition) is 2. The molecule has 1 atom stereocenters. The second kappa shape index (κ2) is 13.1. The Labute approximate surface area is 341 Å². The van der Waals surface area contributed by atoms with Gasteiger partial charge in [0, 0.05) is 21.5 Å². The number of hydrogen-bond donors (Lipinski definition) is 0. The van der Waals surface area contributed by atoms with Gasteiger partial charge in [-0.1, -0.05) is 176 Å². The summed E-state index contributed by atoms with van der Waals surface area (Å²) in [5.74, 6) is 0.838. The molecule has 0 N–H and O–H groups in total. The molecule has 10 aromatic carbocycles. The first-order valence-electron chi connectivity index (χ1n) is 20.1. The highest BCUT2D eigenvalue weighted by atomic mass is 31.2. The fourth-order valence-electron chi connectivity index (χ4n) is 9.50. The Morgan fingerprint density at radius 2 is 0.983 bits per heavy atom. The van der Waals surface area contributed by atoms with E-state index in [9.17, 15) is 0 Å². The van der Waals surface area contributed by atoms with Crippen LogP contribution in [-0.2, 0) is 4.57 Å². The molecule has 0 spiro atoms. The molecule has 1 aliphatic rings. The molecule has 12 rings (SSSR count). The third kappa shape index (κ3) is 5.09. The predicted octanol–water partition coefficient (Wildman–Crippen LogP) is 13.1. The summed E-state index contributed by atoms with van der Waals surface area (Å²) in [6, 6.07) is 74.8. The van der Waals surface area contributed by atoms with Crippen molar-refractivity contribution in [3.8, 4) is 50.5 Å². The average molecular weight is 771 g/mol. The first-order chi connectivity index (χ1) is 29.1. The van der Waals surface area contributed by atoms with Crippen molar-refractivity contribution in [1.29, 1.82) is 0 Å². The van der Waals surface area contributed by atoms with Crippen LogP contribution in [0, 0.1) is 0 Å². The van der Waals surface area contributed by atoms with Crippen LogP contribution in [0.2, 0.25) is 0 Å². The molecule has 1 aromatic heterocycles. The van der Waals surface area contributed by atoms with Gasteiger partial charge < -0.3 is 4.57 Å². The van der Waals surface area contributed by atoms with Crippen LogP contribution in [0.1, 0.15) is 0 Å². The largest absolute Gasteiger partial charge is 0.308 e. The minimum absolute atomic E-state index is 0.812. The van der Waals surface area contributed by atoms with Gasteiger partial charge in [-0.25, -0.2) is 4.98 Å². The van der Waals surface area contributed by atoms with Crippen molar-refractivity contribution in [2.24, 2.45) is 0 Å². The van der Waals surface area contributed by atoms with E-state index >= 15 is 4.57 Å². The lowest BCUT2D eigenvalue weighted by atomic mass is 9.84. The van der Waals surface area contributed by atoms with E-state index < -0.39 is 7.14 Å². The van der Waals surface area contributed by atoms with Crippen LogP contribution in [0.5, 0.6) is 0 Å². The lowest BCUT2D eigenvalue weighted by Gasteiger charge is -2.30. The van der Waals surface area contributed by atoms with Gasteiger partial charge in [-0.05, 0) is 102 Å². The molecule has 0 saturated heterocycles. The molecule has 0 bridgehead atoms. The van der Waals surface area contributed by atoms with E-state index in [1.54, 1.807) is 0 Å². The fraction of sp³-hybridized carbons (Fsp3) is 0. The lowest BCUT2D eigenvalue weighted by Crippen LogP contribution is -2.33. The molecule has 0 radical (unpaired) electrons. The third-order valence-electron chi connectivity index (χ3n) is 12.2. The molecule has 276 valence electrons. The van der Waals surface area contributed by atoms with Gasteiger partial charge in [-0.2, -0.15) is 0 Å². The number of para-hydroxylation sites is 1. The average Bonchev–Trinajstić information content (AvgIpc) is 3.71. The zero-order valence-electron chi connectivity index (χ0n) is 32.0. The Hall–Kier alpha value is -7.32. The normalized spacial score (nSPS) is 14.6. The zero-order chi connectivity index (χ0) is 39.1. The number of imidazole rings is 1. The number of aromatic nitrogens is 2. The molecule has 11 aromatic rings. The van der Waals surface area contributed by atoms with E-state index in [1.807, 2.05) is 66.7 Å². The predicted molar refractivity (Wildman–Crippen MR) is 248 cm³/mol. The second-order valence-corrected chi connectivity index (χ2v) is 18.1. The van der Waals surface area contributed by atoms with Gasteiger partial charge in [-0.15, -0.1) is 0 Å². The quantitative estimate of drug-likeness (QED) is 0.129. The second-order valence-electron chi connectivity index (χ2n) is 15.4. The molecule has 3 nitrogen and oxygen atoms in total. The summed E-state index contributed by atoms with van der Waals surface area (Å²) in [5, 5.41) is 9.51. The molecule has 1 aliphatic heterocycles. The number of benzene rings is 10. The van der Waals surface area contributed by atoms with Gasteiger partial charge in [-0.3, -0.25) is 4.57 Å². The number of nitrogens with zero attached hydrogens (tertiary/aromatic N) is 2. The van der Waals surface area contributed by atoms with E-state index in [0.717, 1.165) is 77.0 Å². The van der Waals surface area contributed by atoms with Crippen molar-refractivity contribution in [2.45, 2.75) is 0 Å². The monoisotopic (exact) mass is 770 g/mol. The fourth-order valence-corrected chi connectivity index (χ4v) is 12.5. The van der Waals surface area contributed by atoms with Gasteiger partial charge in [0.15, 0.2) is 7.14 Å². The maximum Gasteiger partial charge on any atom is 0.175 e. The summed E-state index contributed by atoms with van der Waals surface area (Å²) in [7, 11) is -3.41. The summed E-state index contributed by atoms with van der Waals surface area (Å²) in [6.45, 7) is 0. The van der Waals surface area contributed by atoms with Crippen molar-refractivity contribution < 1.29 is 4.57 Å². The van der Waals surface area contributed by atoms with Gasteiger partial charge in [0.2, 0.25) is 0 Å². The Morgan fingerprint density at radius 1 is 0.390 bits per heavy atom. The molecule has 0 fully saturated rings. The van der Waals surface area contributed by atoms with Crippen LogP contribution in [0.3, 0.4) is 0 Å². The summed E-state index contributed by atoms with van der Waals surface area (Å²) in [6.07, 6.45) is 0. The highest BCUT2D eigenvalue weighted by Gasteiger charge is 2.40. The van der Waals surface area contributed by atoms with Crippen molar-refractivity contribution in [3.63, 3.8) is 0 Å². The number of rotatable bonds is 5. The van der Waals surface area contributed by atoms with Gasteiger partial charge >= 0.3 is 0 Å². The van der Waals surface area contributed by atoms with Crippen LogP contribution < -0.4 is 15.9 Å². The first-order valence-corrected chi connectivity index (χ1v) is 21.8. The first kappa shape index (κ1) is 33.8. The van der Waals surface area contributed by atoms with Crippen molar-refractivity contribution in [2.75, 3.05) is 0 Å². The summed E-state index contributed by atoms with van der Waals surface area (Å²) in [4.78, 5) is 5.21. The van der Waals surface area contributed by atoms with E-state index in [4.69, 9.17) is 4.98 Å². The van der Waals surface area contributed by atoms with Crippen molar-refractivity contribution in [3.05, 3.63) is 212 Å². The summed E-state index contributed by atoms with van der Waals surface area (Å²) in [5.41, 5.74) is 10.5. The molecule has 0 saturated carbocycles. The van der Waals surface area contributed by atoms with Crippen LogP contribution in [0.4, 0.5) is 0 Å². The van der Waals surface area contributed by atoms with Crippen LogP contribution in [0.15, 0.2) is 212 Å². The zero-order valence-corrected chi connectivity index (χ0v) is 32.9. The molecular formula is C55H35N2OP. The number of fused-ring (bicyclic) bond motifs is 5. The standard InChI is InChI=1S/C55H35N2OP/c58-59(43-21-8-3-9-22-43)50-26-14-25-48-54(50)57(55(56-48)38-18-6-2-7-19-38)49-32-30-42(35-51(49)59)53-45-24-13-12-23-44(45)52(41-28-27-37-17-10-11-20-39(37)33-41)46-31-29-40(34-47(46)53)36-15-4-1-5-16-36/h1-35H. The molecular weight excluding hydrogens is 736 g/mol. The summed E-state index contributed by atoms with van der Waals surface area (Å²) >= 11 is 0. The van der Waals surface area contributed by atoms with E-state index in [0.29, 0.717) is 0 Å².